The molecule has 0 saturated carbocycles. The fourth-order valence-corrected chi connectivity index (χ4v) is 3.68. The first-order chi connectivity index (χ1) is 14.5. The average Bonchev–Trinajstić information content (AvgIpc) is 3.25. The molecule has 0 unspecified atom stereocenters. The van der Waals surface area contributed by atoms with Crippen molar-refractivity contribution >= 4 is 23.4 Å². The molecule has 6 nitrogen and oxygen atoms in total. The lowest BCUT2D eigenvalue weighted by molar-refractivity contribution is -0.132. The number of carbonyl (C=O) groups excluding carboxylic acids is 2. The summed E-state index contributed by atoms with van der Waals surface area (Å²) < 4.78 is 19.2. The van der Waals surface area contributed by atoms with Crippen LogP contribution >= 0.6 is 11.6 Å². The van der Waals surface area contributed by atoms with Crippen molar-refractivity contribution in [2.75, 3.05) is 26.2 Å². The van der Waals surface area contributed by atoms with Crippen LogP contribution in [0.3, 0.4) is 0 Å². The molecule has 4 rings (SSSR count). The summed E-state index contributed by atoms with van der Waals surface area (Å²) in [6.07, 6.45) is 1.22. The lowest BCUT2D eigenvalue weighted by Gasteiger charge is -2.34. The summed E-state index contributed by atoms with van der Waals surface area (Å²) >= 11 is 6.23. The highest BCUT2D eigenvalue weighted by atomic mass is 35.5. The van der Waals surface area contributed by atoms with E-state index < -0.39 is 5.82 Å². The van der Waals surface area contributed by atoms with Crippen molar-refractivity contribution < 1.29 is 18.4 Å². The van der Waals surface area contributed by atoms with Gasteiger partial charge in [-0.05, 0) is 23.8 Å². The van der Waals surface area contributed by atoms with Gasteiger partial charge in [0.2, 0.25) is 5.91 Å². The Morgan fingerprint density at radius 1 is 1.00 bits per heavy atom. The second kappa shape index (κ2) is 8.67. The van der Waals surface area contributed by atoms with E-state index in [0.717, 1.165) is 0 Å². The van der Waals surface area contributed by atoms with Crippen molar-refractivity contribution in [2.45, 2.75) is 6.42 Å². The first-order valence-electron chi connectivity index (χ1n) is 9.53. The maximum atomic E-state index is 13.8. The van der Waals surface area contributed by atoms with Gasteiger partial charge in [-0.15, -0.1) is 0 Å². The van der Waals surface area contributed by atoms with E-state index in [1.165, 1.54) is 12.5 Å². The Morgan fingerprint density at radius 2 is 1.67 bits per heavy atom. The van der Waals surface area contributed by atoms with Crippen LogP contribution < -0.4 is 0 Å². The van der Waals surface area contributed by atoms with Crippen LogP contribution in [0.4, 0.5) is 4.39 Å². The van der Waals surface area contributed by atoms with E-state index >= 15 is 0 Å². The van der Waals surface area contributed by atoms with Gasteiger partial charge in [-0.25, -0.2) is 9.37 Å². The molecule has 1 fully saturated rings. The molecule has 30 heavy (non-hydrogen) atoms. The molecular weight excluding hydrogens is 409 g/mol. The van der Waals surface area contributed by atoms with Gasteiger partial charge in [0.25, 0.3) is 5.91 Å². The highest BCUT2D eigenvalue weighted by Crippen LogP contribution is 2.30. The van der Waals surface area contributed by atoms with Crippen LogP contribution in [-0.2, 0) is 11.2 Å². The molecule has 0 atom stereocenters. The summed E-state index contributed by atoms with van der Waals surface area (Å²) in [5.74, 6) is -0.508. The van der Waals surface area contributed by atoms with Crippen molar-refractivity contribution in [1.29, 1.82) is 0 Å². The van der Waals surface area contributed by atoms with E-state index in [1.54, 1.807) is 52.3 Å². The van der Waals surface area contributed by atoms with Crippen LogP contribution in [0.2, 0.25) is 5.02 Å². The van der Waals surface area contributed by atoms with Gasteiger partial charge >= 0.3 is 0 Å². The molecule has 3 aromatic rings. The van der Waals surface area contributed by atoms with Gasteiger partial charge in [0.1, 0.15) is 5.82 Å². The minimum atomic E-state index is -0.391. The molecule has 0 bridgehead atoms. The van der Waals surface area contributed by atoms with Gasteiger partial charge in [0.05, 0.1) is 11.4 Å². The fraction of sp³-hybridized carbons (Fsp3) is 0.227. The molecule has 2 amide bonds. The van der Waals surface area contributed by atoms with Gasteiger partial charge < -0.3 is 14.2 Å². The Bertz CT molecular complexity index is 1080. The normalized spacial score (nSPS) is 14.1. The zero-order chi connectivity index (χ0) is 21.1. The summed E-state index contributed by atoms with van der Waals surface area (Å²) in [4.78, 5) is 32.9. The number of oxazole rings is 1. The van der Waals surface area contributed by atoms with Crippen LogP contribution in [0.25, 0.3) is 11.3 Å². The molecule has 0 radical (unpaired) electrons. The third kappa shape index (κ3) is 4.07. The maximum Gasteiger partial charge on any atom is 0.276 e. The van der Waals surface area contributed by atoms with Gasteiger partial charge in [0, 0.05) is 31.7 Å². The van der Waals surface area contributed by atoms with Crippen molar-refractivity contribution in [3.63, 3.8) is 0 Å². The highest BCUT2D eigenvalue weighted by Gasteiger charge is 2.29. The predicted octanol–water partition coefficient (Wildman–Crippen LogP) is 3.66. The van der Waals surface area contributed by atoms with Crippen LogP contribution in [0.15, 0.2) is 59.3 Å². The summed E-state index contributed by atoms with van der Waals surface area (Å²) in [5, 5.41) is 0.465. The van der Waals surface area contributed by atoms with Crippen LogP contribution in [-0.4, -0.2) is 52.8 Å². The Morgan fingerprint density at radius 3 is 2.40 bits per heavy atom. The van der Waals surface area contributed by atoms with Crippen LogP contribution in [0.1, 0.15) is 16.1 Å². The highest BCUT2D eigenvalue weighted by molar-refractivity contribution is 6.33. The number of hydrogen-bond acceptors (Lipinski definition) is 4. The second-order valence-corrected chi connectivity index (χ2v) is 7.36. The molecule has 8 heteroatoms. The van der Waals surface area contributed by atoms with Gasteiger partial charge in [-0.1, -0.05) is 41.9 Å². The molecule has 154 valence electrons. The lowest BCUT2D eigenvalue weighted by Crippen LogP contribution is -2.51. The fourth-order valence-electron chi connectivity index (χ4n) is 3.46. The average molecular weight is 428 g/mol. The quantitative estimate of drug-likeness (QED) is 0.637. The molecule has 1 saturated heterocycles. The Kier molecular flexibility index (Phi) is 5.81. The minimum absolute atomic E-state index is 0.000556. The van der Waals surface area contributed by atoms with Crippen molar-refractivity contribution in [3.8, 4) is 11.3 Å². The zero-order valence-corrected chi connectivity index (χ0v) is 16.8. The number of amides is 2. The molecular formula is C22H19ClFN3O3. The third-order valence-corrected chi connectivity index (χ3v) is 5.44. The Hall–Kier alpha value is -3.19. The molecule has 1 aromatic heterocycles. The summed E-state index contributed by atoms with van der Waals surface area (Å²) in [6, 6.07) is 13.3. The topological polar surface area (TPSA) is 66.7 Å². The monoisotopic (exact) mass is 427 g/mol. The Balaban J connectivity index is 1.41. The van der Waals surface area contributed by atoms with Gasteiger partial charge in [-0.3, -0.25) is 9.59 Å². The van der Waals surface area contributed by atoms with Crippen LogP contribution in [0, 0.1) is 5.82 Å². The number of carbonyl (C=O) groups is 2. The SMILES string of the molecule is O=C(Cc1ccccc1F)N1CCN(C(=O)c2ncoc2-c2ccccc2Cl)CC1. The summed E-state index contributed by atoms with van der Waals surface area (Å²) in [5.41, 5.74) is 1.15. The first-order valence-corrected chi connectivity index (χ1v) is 9.91. The molecule has 0 N–H and O–H groups in total. The number of halogens is 2. The van der Waals surface area contributed by atoms with E-state index in [2.05, 4.69) is 4.98 Å². The van der Waals surface area contributed by atoms with E-state index in [-0.39, 0.29) is 23.9 Å². The molecule has 0 aliphatic carbocycles. The van der Waals surface area contributed by atoms with E-state index in [1.807, 2.05) is 0 Å². The zero-order valence-electron chi connectivity index (χ0n) is 16.1. The molecule has 1 aliphatic rings. The molecule has 0 spiro atoms. The molecule has 1 aliphatic heterocycles. The number of benzene rings is 2. The minimum Gasteiger partial charge on any atom is -0.443 e. The second-order valence-electron chi connectivity index (χ2n) is 6.95. The van der Waals surface area contributed by atoms with E-state index in [0.29, 0.717) is 48.1 Å². The standard InChI is InChI=1S/C22H19ClFN3O3/c23-17-7-3-2-6-16(17)21-20(25-14-30-21)22(29)27-11-9-26(10-12-27)19(28)13-15-5-1-4-8-18(15)24/h1-8,14H,9-13H2. The Labute approximate surface area is 177 Å². The largest absolute Gasteiger partial charge is 0.443 e. The number of hydrogen-bond donors (Lipinski definition) is 0. The van der Waals surface area contributed by atoms with Crippen molar-refractivity contribution in [1.82, 2.24) is 14.8 Å². The van der Waals surface area contributed by atoms with Crippen molar-refractivity contribution in [3.05, 3.63) is 77.0 Å². The number of piperazine rings is 1. The number of aromatic nitrogens is 1. The van der Waals surface area contributed by atoms with Crippen LogP contribution in [0.5, 0.6) is 0 Å². The number of rotatable bonds is 4. The van der Waals surface area contributed by atoms with Gasteiger partial charge in [0.15, 0.2) is 17.8 Å². The maximum absolute atomic E-state index is 13.8. The first kappa shape index (κ1) is 20.1. The molecule has 2 heterocycles. The third-order valence-electron chi connectivity index (χ3n) is 5.11. The summed E-state index contributed by atoms with van der Waals surface area (Å²) in [7, 11) is 0. The summed E-state index contributed by atoms with van der Waals surface area (Å²) in [6.45, 7) is 1.46. The van der Waals surface area contributed by atoms with Crippen molar-refractivity contribution in [2.24, 2.45) is 0 Å². The lowest BCUT2D eigenvalue weighted by atomic mass is 10.1. The smallest absolute Gasteiger partial charge is 0.276 e. The predicted molar refractivity (Wildman–Crippen MR) is 110 cm³/mol. The van der Waals surface area contributed by atoms with E-state index in [9.17, 15) is 14.0 Å². The number of nitrogens with zero attached hydrogens (tertiary/aromatic N) is 3. The molecule has 2 aromatic carbocycles. The van der Waals surface area contributed by atoms with E-state index in [4.69, 9.17) is 16.0 Å². The van der Waals surface area contributed by atoms with Gasteiger partial charge in [-0.2, -0.15) is 0 Å².